The van der Waals surface area contributed by atoms with Gasteiger partial charge in [0.15, 0.2) is 5.11 Å². The predicted octanol–water partition coefficient (Wildman–Crippen LogP) is 3.96. The number of thiocarbonyl (C=S) groups is 1. The van der Waals surface area contributed by atoms with Gasteiger partial charge in [0.25, 0.3) is 0 Å². The van der Waals surface area contributed by atoms with Gasteiger partial charge in [0.05, 0.1) is 12.1 Å². The van der Waals surface area contributed by atoms with Gasteiger partial charge in [-0.15, -0.1) is 0 Å². The van der Waals surface area contributed by atoms with E-state index in [1.54, 1.807) is 19.2 Å². The Bertz CT molecular complexity index is 826. The highest BCUT2D eigenvalue weighted by Crippen LogP contribution is 2.27. The van der Waals surface area contributed by atoms with E-state index in [-0.39, 0.29) is 5.91 Å². The molecular weight excluding hydrogens is 382 g/mol. The smallest absolute Gasteiger partial charge is 0.222 e. The highest BCUT2D eigenvalue weighted by molar-refractivity contribution is 7.80. The molecule has 2 aromatic rings. The molecule has 0 atom stereocenters. The monoisotopic (exact) mass is 403 g/mol. The van der Waals surface area contributed by atoms with Crippen LogP contribution >= 0.6 is 23.8 Å². The van der Waals surface area contributed by atoms with Crippen molar-refractivity contribution in [2.75, 3.05) is 19.0 Å². The summed E-state index contributed by atoms with van der Waals surface area (Å²) >= 11 is 11.5. The second-order valence-corrected chi connectivity index (χ2v) is 7.21. The molecule has 27 heavy (non-hydrogen) atoms. The Kier molecular flexibility index (Phi) is 6.53. The van der Waals surface area contributed by atoms with Crippen LogP contribution in [0.15, 0.2) is 42.5 Å². The molecule has 2 N–H and O–H groups in total. The minimum absolute atomic E-state index is 0.246. The Balaban J connectivity index is 1.48. The summed E-state index contributed by atoms with van der Waals surface area (Å²) in [5.41, 5.74) is 3.05. The molecule has 2 aromatic carbocycles. The van der Waals surface area contributed by atoms with E-state index in [4.69, 9.17) is 28.6 Å². The number of halogens is 1. The number of nitrogens with zero attached hydrogens (tertiary/aromatic N) is 1. The van der Waals surface area contributed by atoms with Gasteiger partial charge in [-0.1, -0.05) is 35.9 Å². The molecule has 3 rings (SSSR count). The van der Waals surface area contributed by atoms with Crippen molar-refractivity contribution in [1.29, 1.82) is 0 Å². The summed E-state index contributed by atoms with van der Waals surface area (Å²) in [6.07, 6.45) is 1.64. The standard InChI is InChI=1S/C20H22ClN3O2S/c1-26-18-9-8-16(11-17(18)21)23-20(27)22-12-14-4-6-15(7-5-14)13-24-10-2-3-19(24)25/h4-9,11H,2-3,10,12-13H2,1H3,(H2,22,23,27). The summed E-state index contributed by atoms with van der Waals surface area (Å²) in [4.78, 5) is 13.6. The minimum Gasteiger partial charge on any atom is -0.495 e. The highest BCUT2D eigenvalue weighted by Gasteiger charge is 2.19. The summed E-state index contributed by atoms with van der Waals surface area (Å²) in [5, 5.41) is 7.32. The van der Waals surface area contributed by atoms with E-state index >= 15 is 0 Å². The number of hydrogen-bond donors (Lipinski definition) is 2. The van der Waals surface area contributed by atoms with Crippen molar-refractivity contribution < 1.29 is 9.53 Å². The van der Waals surface area contributed by atoms with Gasteiger partial charge in [-0.2, -0.15) is 0 Å². The summed E-state index contributed by atoms with van der Waals surface area (Å²) < 4.78 is 5.14. The Morgan fingerprint density at radius 1 is 1.22 bits per heavy atom. The van der Waals surface area contributed by atoms with Crippen molar-refractivity contribution in [3.63, 3.8) is 0 Å². The Labute approximate surface area is 169 Å². The number of carbonyl (C=O) groups excluding carboxylic acids is 1. The number of ether oxygens (including phenoxy) is 1. The van der Waals surface area contributed by atoms with E-state index in [2.05, 4.69) is 34.9 Å². The predicted molar refractivity (Wildman–Crippen MR) is 112 cm³/mol. The van der Waals surface area contributed by atoms with Gasteiger partial charge in [-0.25, -0.2) is 0 Å². The number of likely N-dealkylation sites (tertiary alicyclic amines) is 1. The zero-order valence-electron chi connectivity index (χ0n) is 15.1. The molecule has 1 amide bonds. The first kappa shape index (κ1) is 19.5. The zero-order chi connectivity index (χ0) is 19.2. The lowest BCUT2D eigenvalue weighted by Crippen LogP contribution is -2.28. The number of rotatable bonds is 6. The van der Waals surface area contributed by atoms with Gasteiger partial charge in [-0.3, -0.25) is 4.79 Å². The number of hydrogen-bond acceptors (Lipinski definition) is 3. The first-order valence-electron chi connectivity index (χ1n) is 8.79. The molecule has 1 fully saturated rings. The zero-order valence-corrected chi connectivity index (χ0v) is 16.7. The minimum atomic E-state index is 0.246. The molecular formula is C20H22ClN3O2S. The topological polar surface area (TPSA) is 53.6 Å². The van der Waals surface area contributed by atoms with E-state index in [0.717, 1.165) is 29.8 Å². The van der Waals surface area contributed by atoms with Crippen LogP contribution in [-0.4, -0.2) is 29.6 Å². The molecule has 0 unspecified atom stereocenters. The lowest BCUT2D eigenvalue weighted by Gasteiger charge is -2.16. The third kappa shape index (κ3) is 5.34. The largest absolute Gasteiger partial charge is 0.495 e. The molecule has 0 aliphatic carbocycles. The Morgan fingerprint density at radius 2 is 1.96 bits per heavy atom. The fourth-order valence-electron chi connectivity index (χ4n) is 2.96. The molecule has 0 radical (unpaired) electrons. The maximum absolute atomic E-state index is 11.7. The quantitative estimate of drug-likeness (QED) is 0.715. The van der Waals surface area contributed by atoms with Crippen LogP contribution in [0.2, 0.25) is 5.02 Å². The number of methoxy groups -OCH3 is 1. The number of nitrogens with one attached hydrogen (secondary N) is 2. The van der Waals surface area contributed by atoms with Crippen LogP contribution in [0.3, 0.4) is 0 Å². The van der Waals surface area contributed by atoms with Gasteiger partial charge in [0.1, 0.15) is 5.75 Å². The summed E-state index contributed by atoms with van der Waals surface area (Å²) in [6.45, 7) is 2.15. The van der Waals surface area contributed by atoms with E-state index in [1.807, 2.05) is 11.0 Å². The van der Waals surface area contributed by atoms with Gasteiger partial charge in [-0.05, 0) is 48.0 Å². The number of carbonyl (C=O) groups is 1. The Hall–Kier alpha value is -2.31. The fraction of sp³-hybridized carbons (Fsp3) is 0.300. The second-order valence-electron chi connectivity index (χ2n) is 6.39. The number of anilines is 1. The maximum Gasteiger partial charge on any atom is 0.222 e. The van der Waals surface area contributed by atoms with Crippen molar-refractivity contribution in [3.8, 4) is 5.75 Å². The molecule has 1 saturated heterocycles. The van der Waals surface area contributed by atoms with Gasteiger partial charge in [0, 0.05) is 31.7 Å². The van der Waals surface area contributed by atoms with Crippen LogP contribution in [0, 0.1) is 0 Å². The van der Waals surface area contributed by atoms with Crippen LogP contribution < -0.4 is 15.4 Å². The molecule has 142 valence electrons. The first-order chi connectivity index (χ1) is 13.0. The molecule has 1 aliphatic rings. The molecule has 7 heteroatoms. The molecule has 1 heterocycles. The van der Waals surface area contributed by atoms with Gasteiger partial charge < -0.3 is 20.3 Å². The normalized spacial score (nSPS) is 13.6. The molecule has 0 spiro atoms. The van der Waals surface area contributed by atoms with E-state index in [1.165, 1.54) is 0 Å². The van der Waals surface area contributed by atoms with E-state index in [0.29, 0.717) is 35.4 Å². The molecule has 0 saturated carbocycles. The van der Waals surface area contributed by atoms with E-state index in [9.17, 15) is 4.79 Å². The van der Waals surface area contributed by atoms with Crippen molar-refractivity contribution >= 4 is 40.5 Å². The highest BCUT2D eigenvalue weighted by atomic mass is 35.5. The maximum atomic E-state index is 11.7. The van der Waals surface area contributed by atoms with Crippen LogP contribution in [0.4, 0.5) is 5.69 Å². The molecule has 0 aromatic heterocycles. The lowest BCUT2D eigenvalue weighted by molar-refractivity contribution is -0.128. The SMILES string of the molecule is COc1ccc(NC(=S)NCc2ccc(CN3CCCC3=O)cc2)cc1Cl. The Morgan fingerprint density at radius 3 is 2.59 bits per heavy atom. The van der Waals surface area contributed by atoms with Crippen molar-refractivity contribution in [3.05, 3.63) is 58.6 Å². The van der Waals surface area contributed by atoms with Crippen LogP contribution in [-0.2, 0) is 17.9 Å². The average molecular weight is 404 g/mol. The third-order valence-electron chi connectivity index (χ3n) is 4.43. The first-order valence-corrected chi connectivity index (χ1v) is 9.58. The average Bonchev–Trinajstić information content (AvgIpc) is 3.06. The van der Waals surface area contributed by atoms with Crippen LogP contribution in [0.25, 0.3) is 0 Å². The molecule has 5 nitrogen and oxygen atoms in total. The summed E-state index contributed by atoms with van der Waals surface area (Å²) in [6, 6.07) is 13.6. The summed E-state index contributed by atoms with van der Waals surface area (Å²) in [5.74, 6) is 0.868. The van der Waals surface area contributed by atoms with Crippen molar-refractivity contribution in [2.45, 2.75) is 25.9 Å². The van der Waals surface area contributed by atoms with Crippen LogP contribution in [0.5, 0.6) is 5.75 Å². The molecule has 0 bridgehead atoms. The molecule has 1 aliphatic heterocycles. The fourth-order valence-corrected chi connectivity index (χ4v) is 3.40. The van der Waals surface area contributed by atoms with Crippen molar-refractivity contribution in [2.24, 2.45) is 0 Å². The van der Waals surface area contributed by atoms with Gasteiger partial charge >= 0.3 is 0 Å². The third-order valence-corrected chi connectivity index (χ3v) is 4.97. The second kappa shape index (κ2) is 9.06. The van der Waals surface area contributed by atoms with Crippen LogP contribution in [0.1, 0.15) is 24.0 Å². The van der Waals surface area contributed by atoms with Crippen molar-refractivity contribution in [1.82, 2.24) is 10.2 Å². The lowest BCUT2D eigenvalue weighted by atomic mass is 10.1. The summed E-state index contributed by atoms with van der Waals surface area (Å²) in [7, 11) is 1.58. The number of benzene rings is 2. The number of amides is 1. The van der Waals surface area contributed by atoms with Gasteiger partial charge in [0.2, 0.25) is 5.91 Å². The van der Waals surface area contributed by atoms with E-state index < -0.39 is 0 Å².